The van der Waals surface area contributed by atoms with E-state index < -0.39 is 0 Å². The zero-order valence-electron chi connectivity index (χ0n) is 66.4. The highest BCUT2D eigenvalue weighted by Crippen LogP contribution is 2.33. The maximum absolute atomic E-state index is 11.9. The van der Waals surface area contributed by atoms with Crippen LogP contribution in [0.25, 0.3) is 45.6 Å². The van der Waals surface area contributed by atoms with Gasteiger partial charge >= 0.3 is 0 Å². The molecule has 0 bridgehead atoms. The van der Waals surface area contributed by atoms with Gasteiger partial charge in [0.2, 0.25) is 23.6 Å². The minimum Gasteiger partial charge on any atom is -0.349 e. The van der Waals surface area contributed by atoms with Gasteiger partial charge in [0.05, 0.1) is 25.7 Å². The predicted octanol–water partition coefficient (Wildman–Crippen LogP) is 18.6. The number of allylic oxidation sites excluding steroid dienone is 2. The Balaban J connectivity index is 0.000000171. The number of carbonyl (C=O) groups is 4. The smallest absolute Gasteiger partial charge is 0.226 e. The molecular formula is C88H100N16O4S4. The lowest BCUT2D eigenvalue weighted by Crippen LogP contribution is -2.23. The molecule has 0 atom stereocenters. The van der Waals surface area contributed by atoms with Crippen molar-refractivity contribution in [2.24, 2.45) is 0 Å². The SMILES string of the molecule is C=CCc1c(C)nc(-c2ccsc2)nc1Nc1ccc(CC(=O)N(C)C)cc1.C=CCc1c(CC)nc(-c2ccsc2)nc1Nc1ccc(CC(=O)N(C)C)cc1.CCc1c(C)nc(-c2ccsc2)nc1Nc1ccc(CC(=O)N(C)C)cc1.CCc1nc(-c2ccsc2)nc(Nc2ccc(CC(=O)N(C)C)cc2)c1CC. The number of benzene rings is 4. The molecule has 4 aromatic carbocycles. The first kappa shape index (κ1) is 84.6. The van der Waals surface area contributed by atoms with Crippen molar-refractivity contribution in [3.05, 3.63) is 257 Å². The number of hydrogen-bond donors (Lipinski definition) is 4. The van der Waals surface area contributed by atoms with Crippen molar-refractivity contribution in [3.63, 3.8) is 0 Å². The molecule has 4 N–H and O–H groups in total. The van der Waals surface area contributed by atoms with Gasteiger partial charge in [0.25, 0.3) is 0 Å². The Hall–Kier alpha value is -11.4. The number of rotatable bonds is 28. The van der Waals surface area contributed by atoms with Crippen molar-refractivity contribution in [2.75, 3.05) is 77.6 Å². The summed E-state index contributed by atoms with van der Waals surface area (Å²) in [6.07, 6.45) is 10.1. The third-order valence-electron chi connectivity index (χ3n) is 18.1. The fourth-order valence-electron chi connectivity index (χ4n) is 11.6. The Bertz CT molecular complexity index is 5070. The summed E-state index contributed by atoms with van der Waals surface area (Å²) in [4.78, 5) is 92.0. The van der Waals surface area contributed by atoms with Crippen LogP contribution in [-0.4, -0.2) is 139 Å². The van der Waals surface area contributed by atoms with E-state index in [4.69, 9.17) is 29.9 Å². The Kier molecular flexibility index (Phi) is 31.4. The van der Waals surface area contributed by atoms with Gasteiger partial charge in [-0.25, -0.2) is 39.9 Å². The highest BCUT2D eigenvalue weighted by molar-refractivity contribution is 7.09. The Morgan fingerprint density at radius 3 is 0.839 bits per heavy atom. The normalized spacial score (nSPS) is 10.6. The van der Waals surface area contributed by atoms with Gasteiger partial charge in [0, 0.05) is 168 Å². The zero-order valence-corrected chi connectivity index (χ0v) is 69.7. The molecule has 8 aromatic heterocycles. The molecule has 0 saturated heterocycles. The number of nitrogens with one attached hydrogen (secondary N) is 4. The molecule has 4 amide bonds. The number of aryl methyl sites for hydroxylation is 4. The minimum absolute atomic E-state index is 0.0841. The molecule has 12 aromatic rings. The standard InChI is InChI=1S/C23H26N4OS.C22H24N4OS.C22H26N4OS.C21H24N4OS/c1-5-7-19-20(6-2)25-22(17-12-13-29-15-17)26-23(19)24-18-10-8-16(9-11-18)14-21(28)27(3)4;1-5-6-19-15(2)23-21(17-11-12-28-14-17)25-22(19)24-18-9-7-16(8-10-18)13-20(27)26(3)4;1-5-18-19(6-2)24-21(16-11-12-28-14-16)25-22(18)23-17-9-7-15(8-10-17)13-20(27)26(3)4;1-5-18-14(2)22-20(16-10-11-27-13-16)24-21(18)23-17-8-6-15(7-9-17)12-19(26)25(3)4/h5,8-13,15H,1,6-7,14H2,2-4H3,(H,24,25,26);5,7-12,14H,1,6,13H2,2-4H3,(H,23,24,25);7-12,14H,5-6,13H2,1-4H3,(H,23,24,25);6-11,13H,5,12H2,1-4H3,(H,22,23,24). The number of anilines is 8. The first-order valence-corrected chi connectivity index (χ1v) is 40.9. The van der Waals surface area contributed by atoms with Gasteiger partial charge in [0.1, 0.15) is 23.3 Å². The second-order valence-corrected chi connectivity index (χ2v) is 30.3. The fraction of sp³-hybridized carbons (Fsp3) is 0.273. The molecule has 112 heavy (non-hydrogen) atoms. The number of carbonyl (C=O) groups excluding carboxylic acids is 4. The van der Waals surface area contributed by atoms with Crippen molar-refractivity contribution in [2.45, 2.75) is 106 Å². The molecule has 0 radical (unpaired) electrons. The third kappa shape index (κ3) is 23.8. The number of amides is 4. The number of nitrogens with zero attached hydrogens (tertiary/aromatic N) is 12. The first-order chi connectivity index (χ1) is 54.0. The number of thiophene rings is 4. The monoisotopic (exact) mass is 1570 g/mol. The van der Waals surface area contributed by atoms with Crippen molar-refractivity contribution >= 4 is 115 Å². The predicted molar refractivity (Wildman–Crippen MR) is 465 cm³/mol. The quantitative estimate of drug-likeness (QED) is 0.0334. The second-order valence-electron chi connectivity index (χ2n) is 27.2. The van der Waals surface area contributed by atoms with Crippen LogP contribution >= 0.6 is 45.3 Å². The molecule has 0 fully saturated rings. The largest absolute Gasteiger partial charge is 0.349 e. The molecule has 12 rings (SSSR count). The van der Waals surface area contributed by atoms with Gasteiger partial charge in [0.15, 0.2) is 23.3 Å². The lowest BCUT2D eigenvalue weighted by Gasteiger charge is -2.15. The van der Waals surface area contributed by atoms with Crippen LogP contribution in [0, 0.1) is 13.8 Å². The molecule has 0 spiro atoms. The molecule has 0 saturated carbocycles. The fourth-order valence-corrected chi connectivity index (χ4v) is 14.1. The topological polar surface area (TPSA) is 232 Å². The van der Waals surface area contributed by atoms with Gasteiger partial charge in [-0.3, -0.25) is 19.2 Å². The van der Waals surface area contributed by atoms with E-state index in [1.165, 1.54) is 0 Å². The van der Waals surface area contributed by atoms with E-state index in [-0.39, 0.29) is 23.6 Å². The van der Waals surface area contributed by atoms with Gasteiger partial charge < -0.3 is 40.9 Å². The number of hydrogen-bond acceptors (Lipinski definition) is 20. The van der Waals surface area contributed by atoms with Crippen LogP contribution in [-0.2, 0) is 83.4 Å². The molecule has 0 aliphatic carbocycles. The highest BCUT2D eigenvalue weighted by Gasteiger charge is 2.20. The summed E-state index contributed by atoms with van der Waals surface area (Å²) >= 11 is 6.54. The van der Waals surface area contributed by atoms with E-state index in [1.807, 2.05) is 174 Å². The maximum Gasteiger partial charge on any atom is 0.226 e. The van der Waals surface area contributed by atoms with Crippen molar-refractivity contribution in [1.82, 2.24) is 59.5 Å². The van der Waals surface area contributed by atoms with Crippen LogP contribution in [0.15, 0.2) is 190 Å². The summed E-state index contributed by atoms with van der Waals surface area (Å²) in [5.41, 5.74) is 20.2. The number of likely N-dealkylation sites (N-methyl/N-ethyl adjacent to an activating group) is 4. The van der Waals surface area contributed by atoms with Gasteiger partial charge in [-0.15, -0.1) is 13.2 Å². The second kappa shape index (κ2) is 41.6. The summed E-state index contributed by atoms with van der Waals surface area (Å²) < 4.78 is 0. The summed E-state index contributed by atoms with van der Waals surface area (Å²) in [7, 11) is 14.2. The van der Waals surface area contributed by atoms with E-state index in [2.05, 4.69) is 88.2 Å². The number of aromatic nitrogens is 8. The van der Waals surface area contributed by atoms with Gasteiger partial charge in [-0.05, 0) is 169 Å². The third-order valence-corrected chi connectivity index (χ3v) is 20.8. The first-order valence-electron chi connectivity index (χ1n) is 37.1. The van der Waals surface area contributed by atoms with Gasteiger partial charge in [-0.2, -0.15) is 45.3 Å². The van der Waals surface area contributed by atoms with Crippen LogP contribution < -0.4 is 21.3 Å². The summed E-state index contributed by atoms with van der Waals surface area (Å²) in [6.45, 7) is 20.2. The molecule has 0 aliphatic heterocycles. The van der Waals surface area contributed by atoms with E-state index >= 15 is 0 Å². The average molecular weight is 1570 g/mol. The van der Waals surface area contributed by atoms with Gasteiger partial charge in [-0.1, -0.05) is 88.4 Å². The van der Waals surface area contributed by atoms with E-state index in [0.29, 0.717) is 44.3 Å². The molecule has 8 heterocycles. The lowest BCUT2D eigenvalue weighted by molar-refractivity contribution is -0.128. The Morgan fingerprint density at radius 2 is 0.580 bits per heavy atom. The van der Waals surface area contributed by atoms with E-state index in [9.17, 15) is 19.2 Å². The van der Waals surface area contributed by atoms with E-state index in [1.54, 1.807) is 121 Å². The van der Waals surface area contributed by atoms with Crippen molar-refractivity contribution < 1.29 is 19.2 Å². The Labute approximate surface area is 675 Å². The maximum atomic E-state index is 11.9. The molecule has 20 nitrogen and oxygen atoms in total. The Morgan fingerprint density at radius 1 is 0.330 bits per heavy atom. The summed E-state index contributed by atoms with van der Waals surface area (Å²) in [5.74, 6) is 6.57. The van der Waals surface area contributed by atoms with E-state index in [0.717, 1.165) is 179 Å². The van der Waals surface area contributed by atoms with Crippen molar-refractivity contribution in [1.29, 1.82) is 0 Å². The van der Waals surface area contributed by atoms with Crippen LogP contribution in [0.3, 0.4) is 0 Å². The van der Waals surface area contributed by atoms with Crippen molar-refractivity contribution in [3.8, 4) is 45.6 Å². The lowest BCUT2D eigenvalue weighted by atomic mass is 10.1. The molecule has 0 unspecified atom stereocenters. The summed E-state index contributed by atoms with van der Waals surface area (Å²) in [5, 5.41) is 30.1. The van der Waals surface area contributed by atoms with Crippen LogP contribution in [0.1, 0.15) is 95.0 Å². The minimum atomic E-state index is 0.0841. The van der Waals surface area contributed by atoms with Crippen LogP contribution in [0.5, 0.6) is 0 Å². The zero-order chi connectivity index (χ0) is 80.4. The average Bonchev–Trinajstić information content (AvgIpc) is 1.33. The molecular weight excluding hydrogens is 1470 g/mol. The molecule has 24 heteroatoms. The highest BCUT2D eigenvalue weighted by atomic mass is 32.1. The molecule has 0 aliphatic rings. The molecule has 580 valence electrons. The van der Waals surface area contributed by atoms with Crippen LogP contribution in [0.2, 0.25) is 0 Å². The summed E-state index contributed by atoms with van der Waals surface area (Å²) in [6, 6.07) is 39.8. The van der Waals surface area contributed by atoms with Crippen LogP contribution in [0.4, 0.5) is 46.0 Å².